The number of hydrogen-bond donors (Lipinski definition) is 0. The summed E-state index contributed by atoms with van der Waals surface area (Å²) in [6, 6.07) is 6.33. The number of carbonyl (C=O) groups excluding carboxylic acids is 1. The first-order valence-electron chi connectivity index (χ1n) is 7.44. The van der Waals surface area contributed by atoms with Crippen molar-refractivity contribution >= 4 is 23.1 Å². The van der Waals surface area contributed by atoms with E-state index in [0.717, 1.165) is 18.8 Å². The first-order valence-corrected chi connectivity index (χ1v) is 7.82. The van der Waals surface area contributed by atoms with Gasteiger partial charge in [-0.25, -0.2) is 0 Å². The lowest BCUT2D eigenvalue weighted by Crippen LogP contribution is -2.35. The minimum atomic E-state index is 0.0646. The molecule has 0 saturated carbocycles. The standard InChI is InChI=1S/C16H21ClN2O/c1-12(20)13-4-5-16(15(17)10-13)19-9-6-14(11-19)18-7-2-3-8-18/h4-5,10,14H,2-3,6-9,11H2,1H3. The third-order valence-corrected chi connectivity index (χ3v) is 4.82. The largest absolute Gasteiger partial charge is 0.369 e. The van der Waals surface area contributed by atoms with E-state index < -0.39 is 0 Å². The molecule has 1 unspecified atom stereocenters. The monoisotopic (exact) mass is 292 g/mol. The molecule has 2 aliphatic heterocycles. The molecule has 1 aromatic carbocycles. The van der Waals surface area contributed by atoms with Gasteiger partial charge in [-0.3, -0.25) is 9.69 Å². The Balaban J connectivity index is 1.72. The van der Waals surface area contributed by atoms with Crippen LogP contribution in [0, 0.1) is 0 Å². The SMILES string of the molecule is CC(=O)c1ccc(N2CCC(N3CCCC3)C2)c(Cl)c1. The van der Waals surface area contributed by atoms with Gasteiger partial charge < -0.3 is 4.90 Å². The van der Waals surface area contributed by atoms with Crippen LogP contribution in [0.5, 0.6) is 0 Å². The highest BCUT2D eigenvalue weighted by Gasteiger charge is 2.30. The quantitative estimate of drug-likeness (QED) is 0.799. The zero-order valence-corrected chi connectivity index (χ0v) is 12.7. The predicted molar refractivity (Wildman–Crippen MR) is 82.9 cm³/mol. The van der Waals surface area contributed by atoms with E-state index in [1.165, 1.54) is 32.4 Å². The van der Waals surface area contributed by atoms with Crippen LogP contribution in [0.3, 0.4) is 0 Å². The number of Topliss-reactive ketones (excluding diaryl/α,β-unsaturated/α-hetero) is 1. The van der Waals surface area contributed by atoms with Crippen LogP contribution >= 0.6 is 11.6 Å². The van der Waals surface area contributed by atoms with E-state index in [1.54, 1.807) is 13.0 Å². The molecule has 0 amide bonds. The van der Waals surface area contributed by atoms with Crippen LogP contribution in [0.4, 0.5) is 5.69 Å². The van der Waals surface area contributed by atoms with Crippen molar-refractivity contribution < 1.29 is 4.79 Å². The molecule has 0 spiro atoms. The topological polar surface area (TPSA) is 23.6 Å². The van der Waals surface area contributed by atoms with Crippen LogP contribution in [0.2, 0.25) is 5.02 Å². The first-order chi connectivity index (χ1) is 9.65. The van der Waals surface area contributed by atoms with Crippen LogP contribution < -0.4 is 4.90 Å². The average Bonchev–Trinajstić information content (AvgIpc) is 3.09. The highest BCUT2D eigenvalue weighted by atomic mass is 35.5. The highest BCUT2D eigenvalue weighted by molar-refractivity contribution is 6.33. The lowest BCUT2D eigenvalue weighted by molar-refractivity contribution is 0.101. The lowest BCUT2D eigenvalue weighted by atomic mass is 10.1. The number of anilines is 1. The molecular formula is C16H21ClN2O. The number of ketones is 1. The Hall–Kier alpha value is -1.06. The second-order valence-electron chi connectivity index (χ2n) is 5.85. The minimum absolute atomic E-state index is 0.0646. The summed E-state index contributed by atoms with van der Waals surface area (Å²) in [5.41, 5.74) is 1.76. The second-order valence-corrected chi connectivity index (χ2v) is 6.26. The molecule has 108 valence electrons. The summed E-state index contributed by atoms with van der Waals surface area (Å²) in [7, 11) is 0. The summed E-state index contributed by atoms with van der Waals surface area (Å²) in [5, 5.41) is 0.694. The maximum atomic E-state index is 11.4. The van der Waals surface area contributed by atoms with Crippen molar-refractivity contribution in [3.8, 4) is 0 Å². The number of hydrogen-bond acceptors (Lipinski definition) is 3. The Labute approximate surface area is 125 Å². The fourth-order valence-electron chi connectivity index (χ4n) is 3.35. The number of halogens is 1. The van der Waals surface area contributed by atoms with Crippen molar-refractivity contribution in [3.05, 3.63) is 28.8 Å². The van der Waals surface area contributed by atoms with Crippen molar-refractivity contribution in [2.24, 2.45) is 0 Å². The van der Waals surface area contributed by atoms with Crippen LogP contribution in [-0.4, -0.2) is 42.9 Å². The summed E-state index contributed by atoms with van der Waals surface area (Å²) in [6.07, 6.45) is 3.89. The zero-order valence-electron chi connectivity index (χ0n) is 11.9. The van der Waals surface area contributed by atoms with Crippen molar-refractivity contribution in [2.45, 2.75) is 32.2 Å². The van der Waals surface area contributed by atoms with E-state index in [1.807, 2.05) is 12.1 Å². The summed E-state index contributed by atoms with van der Waals surface area (Å²) in [4.78, 5) is 16.3. The van der Waals surface area contributed by atoms with Crippen molar-refractivity contribution in [1.29, 1.82) is 0 Å². The van der Waals surface area contributed by atoms with Gasteiger partial charge in [0.25, 0.3) is 0 Å². The van der Waals surface area contributed by atoms with Gasteiger partial charge in [-0.05, 0) is 57.5 Å². The molecule has 1 aromatic rings. The average molecular weight is 293 g/mol. The molecule has 0 N–H and O–H groups in total. The summed E-state index contributed by atoms with van der Waals surface area (Å²) in [6.45, 7) is 6.18. The molecule has 1 atom stereocenters. The molecule has 0 aromatic heterocycles. The van der Waals surface area contributed by atoms with Gasteiger partial charge in [0.15, 0.2) is 5.78 Å². The van der Waals surface area contributed by atoms with Gasteiger partial charge in [0.2, 0.25) is 0 Å². The summed E-state index contributed by atoms with van der Waals surface area (Å²) in [5.74, 6) is 0.0646. The molecule has 2 aliphatic rings. The van der Waals surface area contributed by atoms with Gasteiger partial charge in [-0.2, -0.15) is 0 Å². The molecule has 3 nitrogen and oxygen atoms in total. The van der Waals surface area contributed by atoms with Gasteiger partial charge in [0, 0.05) is 24.7 Å². The summed E-state index contributed by atoms with van der Waals surface area (Å²) >= 11 is 6.35. The highest BCUT2D eigenvalue weighted by Crippen LogP contribution is 2.31. The Bertz CT molecular complexity index is 511. The van der Waals surface area contributed by atoms with Crippen LogP contribution in [0.1, 0.15) is 36.5 Å². The van der Waals surface area contributed by atoms with Crippen LogP contribution in [0.25, 0.3) is 0 Å². The number of rotatable bonds is 3. The smallest absolute Gasteiger partial charge is 0.159 e. The van der Waals surface area contributed by atoms with E-state index >= 15 is 0 Å². The normalized spacial score (nSPS) is 23.5. The first kappa shape index (κ1) is 13.9. The molecule has 0 radical (unpaired) electrons. The molecule has 4 heteroatoms. The number of nitrogens with zero attached hydrogens (tertiary/aromatic N) is 2. The zero-order chi connectivity index (χ0) is 14.1. The van der Waals surface area contributed by atoms with Gasteiger partial charge in [0.05, 0.1) is 10.7 Å². The second kappa shape index (κ2) is 5.74. The number of carbonyl (C=O) groups is 1. The summed E-state index contributed by atoms with van der Waals surface area (Å²) < 4.78 is 0. The van der Waals surface area contributed by atoms with E-state index in [0.29, 0.717) is 16.6 Å². The maximum Gasteiger partial charge on any atom is 0.159 e. The van der Waals surface area contributed by atoms with Gasteiger partial charge >= 0.3 is 0 Å². The molecule has 2 saturated heterocycles. The van der Waals surface area contributed by atoms with Crippen LogP contribution in [-0.2, 0) is 0 Å². The fourth-order valence-corrected chi connectivity index (χ4v) is 3.65. The Morgan fingerprint density at radius 1 is 1.25 bits per heavy atom. The van der Waals surface area contributed by atoms with Crippen molar-refractivity contribution in [2.75, 3.05) is 31.1 Å². The van der Waals surface area contributed by atoms with Gasteiger partial charge in [-0.15, -0.1) is 0 Å². The molecule has 3 rings (SSSR count). The maximum absolute atomic E-state index is 11.4. The van der Waals surface area contributed by atoms with E-state index in [-0.39, 0.29) is 5.78 Å². The number of likely N-dealkylation sites (tertiary alicyclic amines) is 1. The van der Waals surface area contributed by atoms with E-state index in [2.05, 4.69) is 9.80 Å². The Kier molecular flexibility index (Phi) is 3.99. The molecular weight excluding hydrogens is 272 g/mol. The van der Waals surface area contributed by atoms with Gasteiger partial charge in [-0.1, -0.05) is 11.6 Å². The molecule has 0 aliphatic carbocycles. The predicted octanol–water partition coefficient (Wildman–Crippen LogP) is 3.22. The number of benzene rings is 1. The molecule has 2 heterocycles. The van der Waals surface area contributed by atoms with Crippen molar-refractivity contribution in [3.63, 3.8) is 0 Å². The van der Waals surface area contributed by atoms with E-state index in [4.69, 9.17) is 11.6 Å². The van der Waals surface area contributed by atoms with Crippen LogP contribution in [0.15, 0.2) is 18.2 Å². The third kappa shape index (κ3) is 2.70. The molecule has 2 fully saturated rings. The Morgan fingerprint density at radius 2 is 2.00 bits per heavy atom. The fraction of sp³-hybridized carbons (Fsp3) is 0.562. The lowest BCUT2D eigenvalue weighted by Gasteiger charge is -2.25. The molecule has 0 bridgehead atoms. The minimum Gasteiger partial charge on any atom is -0.369 e. The van der Waals surface area contributed by atoms with Crippen molar-refractivity contribution in [1.82, 2.24) is 4.90 Å². The molecule has 20 heavy (non-hydrogen) atoms. The third-order valence-electron chi connectivity index (χ3n) is 4.52. The van der Waals surface area contributed by atoms with Gasteiger partial charge in [0.1, 0.15) is 0 Å². The van der Waals surface area contributed by atoms with E-state index in [9.17, 15) is 4.79 Å². The Morgan fingerprint density at radius 3 is 2.65 bits per heavy atom.